The number of benzene rings is 2. The number of aromatic amines is 1. The van der Waals surface area contributed by atoms with Crippen LogP contribution in [0.25, 0.3) is 28.1 Å². The molecule has 0 amide bonds. The van der Waals surface area contributed by atoms with Gasteiger partial charge in [0.15, 0.2) is 9.84 Å². The number of alkyl halides is 2. The van der Waals surface area contributed by atoms with Crippen LogP contribution >= 0.6 is 34.2 Å². The Morgan fingerprint density at radius 1 is 1.30 bits per heavy atom. The minimum atomic E-state index is -3.30. The fraction of sp³-hybridized carbons (Fsp3) is 0.318. The predicted molar refractivity (Wildman–Crippen MR) is 130 cm³/mol. The first-order valence-electron chi connectivity index (χ1n) is 9.81. The molecule has 2 heterocycles. The molecule has 0 radical (unpaired) electrons. The predicted octanol–water partition coefficient (Wildman–Crippen LogP) is 3.85. The number of nitrogens with one attached hydrogen (secondary N) is 1. The topological polar surface area (TPSA) is 71.5 Å². The van der Waals surface area contributed by atoms with Crippen molar-refractivity contribution in [1.82, 2.24) is 4.98 Å². The Morgan fingerprint density at radius 3 is 2.90 bits per heavy atom. The molecule has 5 nitrogen and oxygen atoms in total. The van der Waals surface area contributed by atoms with Crippen molar-refractivity contribution in [2.24, 2.45) is 4.99 Å². The molecule has 1 atom stereocenters. The third-order valence-electron chi connectivity index (χ3n) is 5.13. The summed E-state index contributed by atoms with van der Waals surface area (Å²) in [4.78, 5) is 8.30. The van der Waals surface area contributed by atoms with Gasteiger partial charge in [-0.25, -0.2) is 8.42 Å². The quantitative estimate of drug-likeness (QED) is 0.273. The average molecular weight is 557 g/mol. The largest absolute Gasteiger partial charge is 0.491 e. The van der Waals surface area contributed by atoms with Gasteiger partial charge in [0.2, 0.25) is 0 Å². The lowest BCUT2D eigenvalue weighted by atomic mass is 9.99. The van der Waals surface area contributed by atoms with Gasteiger partial charge in [0.05, 0.1) is 34.7 Å². The van der Waals surface area contributed by atoms with Crippen molar-refractivity contribution in [3.8, 4) is 16.9 Å². The van der Waals surface area contributed by atoms with Crippen LogP contribution in [0.2, 0.25) is 0 Å². The van der Waals surface area contributed by atoms with E-state index >= 15 is 0 Å². The highest BCUT2D eigenvalue weighted by Crippen LogP contribution is 2.33. The summed E-state index contributed by atoms with van der Waals surface area (Å²) in [6, 6.07) is 11.0. The molecule has 0 aliphatic carbocycles. The molecule has 0 fully saturated rings. The maximum Gasteiger partial charge on any atom is 0.178 e. The van der Waals surface area contributed by atoms with Crippen LogP contribution in [-0.4, -0.2) is 42.1 Å². The summed E-state index contributed by atoms with van der Waals surface area (Å²) >= 11 is 8.71. The zero-order chi connectivity index (χ0) is 21.3. The first-order chi connectivity index (χ1) is 14.4. The SMILES string of the molecule is CCS(=O)(=O)c1cccc(-c2ccc(OCCCI)c3[nH]c4c(c23)=CC(Cl)CN=4)c1. The van der Waals surface area contributed by atoms with E-state index in [9.17, 15) is 8.42 Å². The molecule has 3 aromatic rings. The Kier molecular flexibility index (Phi) is 6.41. The number of hydrogen-bond acceptors (Lipinski definition) is 4. The normalized spacial score (nSPS) is 16.0. The van der Waals surface area contributed by atoms with Crippen LogP contribution in [0, 0.1) is 0 Å². The van der Waals surface area contributed by atoms with Gasteiger partial charge in [-0.3, -0.25) is 4.99 Å². The second-order valence-electron chi connectivity index (χ2n) is 7.09. The van der Waals surface area contributed by atoms with Crippen LogP contribution in [0.15, 0.2) is 46.3 Å². The van der Waals surface area contributed by atoms with Crippen LogP contribution in [-0.2, 0) is 9.84 Å². The summed E-state index contributed by atoms with van der Waals surface area (Å²) in [5, 5.41) is 1.71. The van der Waals surface area contributed by atoms with E-state index in [1.54, 1.807) is 25.1 Å². The maximum absolute atomic E-state index is 12.4. The van der Waals surface area contributed by atoms with Crippen LogP contribution in [0.4, 0.5) is 0 Å². The van der Waals surface area contributed by atoms with Gasteiger partial charge in [0.1, 0.15) is 11.2 Å². The van der Waals surface area contributed by atoms with Crippen molar-refractivity contribution in [2.45, 2.75) is 23.6 Å². The van der Waals surface area contributed by atoms with Gasteiger partial charge in [-0.1, -0.05) is 47.7 Å². The van der Waals surface area contributed by atoms with Crippen LogP contribution in [0.3, 0.4) is 0 Å². The summed E-state index contributed by atoms with van der Waals surface area (Å²) in [6.45, 7) is 2.80. The Labute approximate surface area is 194 Å². The molecular formula is C22H22ClIN2O3S. The fourth-order valence-corrected chi connectivity index (χ4v) is 5.04. The summed E-state index contributed by atoms with van der Waals surface area (Å²) in [5.41, 5.74) is 3.40. The van der Waals surface area contributed by atoms with Gasteiger partial charge >= 0.3 is 0 Å². The number of sulfone groups is 1. The van der Waals surface area contributed by atoms with Crippen molar-refractivity contribution in [2.75, 3.05) is 23.3 Å². The molecule has 8 heteroatoms. The van der Waals surface area contributed by atoms with E-state index in [0.29, 0.717) is 18.0 Å². The summed E-state index contributed by atoms with van der Waals surface area (Å²) < 4.78 is 31.9. The van der Waals surface area contributed by atoms with E-state index in [-0.39, 0.29) is 11.1 Å². The van der Waals surface area contributed by atoms with Crippen molar-refractivity contribution in [3.63, 3.8) is 0 Å². The van der Waals surface area contributed by atoms with Crippen molar-refractivity contribution >= 4 is 61.0 Å². The van der Waals surface area contributed by atoms with Gasteiger partial charge in [-0.05, 0) is 41.8 Å². The maximum atomic E-state index is 12.4. The highest BCUT2D eigenvalue weighted by atomic mass is 127. The average Bonchev–Trinajstić information content (AvgIpc) is 3.13. The monoisotopic (exact) mass is 556 g/mol. The number of ether oxygens (including phenoxy) is 1. The molecule has 0 saturated heterocycles. The molecule has 2 aromatic carbocycles. The molecule has 1 N–H and O–H groups in total. The van der Waals surface area contributed by atoms with Crippen LogP contribution in [0.1, 0.15) is 13.3 Å². The molecule has 0 saturated carbocycles. The lowest BCUT2D eigenvalue weighted by molar-refractivity contribution is 0.323. The summed E-state index contributed by atoms with van der Waals surface area (Å²) in [5.74, 6) is 0.829. The molecule has 30 heavy (non-hydrogen) atoms. The number of halogens is 2. The minimum absolute atomic E-state index is 0.0651. The molecule has 0 spiro atoms. The number of fused-ring (bicyclic) bond motifs is 3. The Balaban J connectivity index is 1.96. The third kappa shape index (κ3) is 4.11. The standard InChI is InChI=1S/C22H22ClIN2O3S/c1-2-30(27,28)16-6-3-5-14(11-16)17-7-8-19(29-10-4-9-24)21-20(17)18-12-15(23)13-25-22(18)26-21/h3,5-8,11-12,15H,2,4,9-10,13H2,1H3,(H,25,26). The third-order valence-corrected chi connectivity index (χ3v) is 7.89. The Morgan fingerprint density at radius 2 is 2.13 bits per heavy atom. The smallest absolute Gasteiger partial charge is 0.178 e. The van der Waals surface area contributed by atoms with Crippen molar-refractivity contribution in [3.05, 3.63) is 47.1 Å². The Hall–Kier alpha value is -1.58. The molecule has 1 aliphatic heterocycles. The second-order valence-corrected chi connectivity index (χ2v) is 11.0. The molecular weight excluding hydrogens is 535 g/mol. The zero-order valence-corrected chi connectivity index (χ0v) is 20.2. The molecule has 158 valence electrons. The van der Waals surface area contributed by atoms with Crippen LogP contribution < -0.4 is 15.4 Å². The van der Waals surface area contributed by atoms with Gasteiger partial charge in [0, 0.05) is 15.0 Å². The number of hydrogen-bond donors (Lipinski definition) is 1. The van der Waals surface area contributed by atoms with Gasteiger partial charge in [-0.2, -0.15) is 0 Å². The zero-order valence-electron chi connectivity index (χ0n) is 16.5. The van der Waals surface area contributed by atoms with Crippen molar-refractivity contribution < 1.29 is 13.2 Å². The summed E-state index contributed by atoms with van der Waals surface area (Å²) in [6.07, 6.45) is 2.97. The number of nitrogens with zero attached hydrogens (tertiary/aromatic N) is 1. The highest BCUT2D eigenvalue weighted by Gasteiger charge is 2.18. The van der Waals surface area contributed by atoms with E-state index in [2.05, 4.69) is 32.6 Å². The fourth-order valence-electron chi connectivity index (χ4n) is 3.61. The first kappa shape index (κ1) is 21.6. The summed E-state index contributed by atoms with van der Waals surface area (Å²) in [7, 11) is -3.30. The number of H-pyrrole nitrogens is 1. The number of rotatable bonds is 7. The molecule has 1 aliphatic rings. The molecule has 1 unspecified atom stereocenters. The lowest BCUT2D eigenvalue weighted by Crippen LogP contribution is -2.30. The van der Waals surface area contributed by atoms with E-state index < -0.39 is 9.84 Å². The minimum Gasteiger partial charge on any atom is -0.491 e. The van der Waals surface area contributed by atoms with Crippen molar-refractivity contribution in [1.29, 1.82) is 0 Å². The van der Waals surface area contributed by atoms with Gasteiger partial charge in [-0.15, -0.1) is 11.6 Å². The second kappa shape index (κ2) is 8.88. The van der Waals surface area contributed by atoms with E-state index in [4.69, 9.17) is 16.3 Å². The van der Waals surface area contributed by atoms with E-state index in [1.165, 1.54) is 0 Å². The first-order valence-corrected chi connectivity index (χ1v) is 13.4. The number of aromatic nitrogens is 1. The van der Waals surface area contributed by atoms with Gasteiger partial charge < -0.3 is 9.72 Å². The van der Waals surface area contributed by atoms with Gasteiger partial charge in [0.25, 0.3) is 0 Å². The van der Waals surface area contributed by atoms with E-state index in [1.807, 2.05) is 24.3 Å². The highest BCUT2D eigenvalue weighted by molar-refractivity contribution is 14.1. The lowest BCUT2D eigenvalue weighted by Gasteiger charge is -2.11. The van der Waals surface area contributed by atoms with Crippen LogP contribution in [0.5, 0.6) is 5.75 Å². The molecule has 0 bridgehead atoms. The molecule has 4 rings (SSSR count). The molecule has 1 aromatic heterocycles. The van der Waals surface area contributed by atoms with E-state index in [0.717, 1.165) is 49.3 Å². The Bertz CT molecular complexity index is 1320.